The van der Waals surface area contributed by atoms with Crippen LogP contribution in [0.3, 0.4) is 0 Å². The standard InChI is InChI=1S/C8H6O3S2/c12-5-1-3-9-7(5)11-8-6(13)2-4-10-8/h1-4,12-13H. The lowest BCUT2D eigenvalue weighted by Gasteiger charge is -1.98. The van der Waals surface area contributed by atoms with Gasteiger partial charge in [-0.3, -0.25) is 0 Å². The normalized spacial score (nSPS) is 10.3. The maximum absolute atomic E-state index is 5.23. The Labute approximate surface area is 85.5 Å². The van der Waals surface area contributed by atoms with Gasteiger partial charge in [0.05, 0.1) is 22.3 Å². The first-order valence-corrected chi connectivity index (χ1v) is 4.37. The minimum Gasteiger partial charge on any atom is -0.433 e. The fourth-order valence-corrected chi connectivity index (χ4v) is 1.13. The molecule has 3 nitrogen and oxygen atoms in total. The molecular formula is C8H6O3S2. The molecule has 0 saturated heterocycles. The van der Waals surface area contributed by atoms with E-state index in [-0.39, 0.29) is 0 Å². The molecule has 0 aliphatic rings. The molecule has 2 aromatic heterocycles. The summed E-state index contributed by atoms with van der Waals surface area (Å²) in [5.74, 6) is 0.599. The van der Waals surface area contributed by atoms with Gasteiger partial charge in [-0.05, 0) is 12.1 Å². The summed E-state index contributed by atoms with van der Waals surface area (Å²) < 4.78 is 15.2. The zero-order valence-corrected chi connectivity index (χ0v) is 8.22. The summed E-state index contributed by atoms with van der Waals surface area (Å²) in [5.41, 5.74) is 0. The van der Waals surface area contributed by atoms with Gasteiger partial charge in [-0.2, -0.15) is 0 Å². The van der Waals surface area contributed by atoms with Gasteiger partial charge < -0.3 is 13.6 Å². The molecule has 0 saturated carbocycles. The van der Waals surface area contributed by atoms with Gasteiger partial charge in [0, 0.05) is 0 Å². The van der Waals surface area contributed by atoms with Gasteiger partial charge in [0.25, 0.3) is 0 Å². The van der Waals surface area contributed by atoms with Crippen molar-refractivity contribution in [3.63, 3.8) is 0 Å². The highest BCUT2D eigenvalue weighted by Gasteiger charge is 2.10. The first kappa shape index (κ1) is 8.65. The zero-order valence-electron chi connectivity index (χ0n) is 6.43. The lowest BCUT2D eigenvalue weighted by atomic mass is 10.6. The Kier molecular flexibility index (Phi) is 2.28. The Morgan fingerprint density at radius 2 is 1.38 bits per heavy atom. The van der Waals surface area contributed by atoms with Crippen LogP contribution in [-0.4, -0.2) is 0 Å². The second kappa shape index (κ2) is 3.43. The van der Waals surface area contributed by atoms with Crippen LogP contribution in [0.25, 0.3) is 0 Å². The molecule has 2 heterocycles. The predicted octanol–water partition coefficient (Wildman–Crippen LogP) is 3.24. The molecule has 0 spiro atoms. The van der Waals surface area contributed by atoms with Crippen LogP contribution in [-0.2, 0) is 0 Å². The summed E-state index contributed by atoms with van der Waals surface area (Å²) in [6.07, 6.45) is 2.97. The Bertz CT molecular complexity index is 367. The summed E-state index contributed by atoms with van der Waals surface area (Å²) in [4.78, 5) is 1.23. The first-order valence-electron chi connectivity index (χ1n) is 3.48. The molecule has 68 valence electrons. The van der Waals surface area contributed by atoms with Crippen molar-refractivity contribution in [3.8, 4) is 11.9 Å². The van der Waals surface area contributed by atoms with Crippen molar-refractivity contribution in [2.24, 2.45) is 0 Å². The fourth-order valence-electron chi connectivity index (χ4n) is 0.814. The topological polar surface area (TPSA) is 35.5 Å². The average molecular weight is 214 g/mol. The number of thiol groups is 2. The van der Waals surface area contributed by atoms with E-state index in [1.807, 2.05) is 0 Å². The number of ether oxygens (including phenoxy) is 1. The zero-order chi connectivity index (χ0) is 9.26. The highest BCUT2D eigenvalue weighted by molar-refractivity contribution is 7.80. The predicted molar refractivity (Wildman–Crippen MR) is 52.0 cm³/mol. The number of hydrogen-bond donors (Lipinski definition) is 2. The van der Waals surface area contributed by atoms with Gasteiger partial charge in [-0.1, -0.05) is 0 Å². The van der Waals surface area contributed by atoms with Gasteiger partial charge in [0.2, 0.25) is 0 Å². The van der Waals surface area contributed by atoms with E-state index in [4.69, 9.17) is 13.6 Å². The minimum absolute atomic E-state index is 0.300. The molecule has 2 aromatic rings. The second-order valence-electron chi connectivity index (χ2n) is 2.29. The van der Waals surface area contributed by atoms with E-state index in [0.717, 1.165) is 0 Å². The van der Waals surface area contributed by atoms with Crippen LogP contribution in [0.15, 0.2) is 43.3 Å². The summed E-state index contributed by atoms with van der Waals surface area (Å²) in [6.45, 7) is 0. The molecule has 13 heavy (non-hydrogen) atoms. The summed E-state index contributed by atoms with van der Waals surface area (Å²) in [5, 5.41) is 0. The molecule has 0 fully saturated rings. The molecule has 2 rings (SSSR count). The Hall–Kier alpha value is -0.940. The van der Waals surface area contributed by atoms with E-state index in [9.17, 15) is 0 Å². The number of rotatable bonds is 2. The van der Waals surface area contributed by atoms with E-state index in [2.05, 4.69) is 25.3 Å². The Balaban J connectivity index is 2.24. The third kappa shape index (κ3) is 1.71. The largest absolute Gasteiger partial charge is 0.433 e. The quantitative estimate of drug-likeness (QED) is 0.753. The van der Waals surface area contributed by atoms with E-state index < -0.39 is 0 Å². The van der Waals surface area contributed by atoms with Crippen molar-refractivity contribution in [2.75, 3.05) is 0 Å². The van der Waals surface area contributed by atoms with Crippen LogP contribution >= 0.6 is 25.3 Å². The smallest absolute Gasteiger partial charge is 0.306 e. The minimum atomic E-state index is 0.300. The van der Waals surface area contributed by atoms with Gasteiger partial charge in [0.15, 0.2) is 0 Å². The van der Waals surface area contributed by atoms with E-state index >= 15 is 0 Å². The SMILES string of the molecule is Sc1ccoc1Oc1occc1S. The van der Waals surface area contributed by atoms with Crippen molar-refractivity contribution < 1.29 is 13.6 Å². The van der Waals surface area contributed by atoms with E-state index in [1.165, 1.54) is 12.5 Å². The molecule has 0 atom stereocenters. The maximum atomic E-state index is 5.23. The molecule has 0 amide bonds. The fraction of sp³-hybridized carbons (Fsp3) is 0. The summed E-state index contributed by atoms with van der Waals surface area (Å²) in [6, 6.07) is 3.36. The van der Waals surface area contributed by atoms with Crippen molar-refractivity contribution in [1.82, 2.24) is 0 Å². The molecule has 0 bridgehead atoms. The van der Waals surface area contributed by atoms with Gasteiger partial charge in [-0.15, -0.1) is 25.3 Å². The third-order valence-electron chi connectivity index (χ3n) is 1.41. The van der Waals surface area contributed by atoms with Crippen molar-refractivity contribution in [1.29, 1.82) is 0 Å². The van der Waals surface area contributed by atoms with Crippen molar-refractivity contribution in [3.05, 3.63) is 24.7 Å². The van der Waals surface area contributed by atoms with E-state index in [1.54, 1.807) is 12.1 Å². The Morgan fingerprint density at radius 3 is 1.69 bits per heavy atom. The second-order valence-corrected chi connectivity index (χ2v) is 3.25. The Morgan fingerprint density at radius 1 is 0.923 bits per heavy atom. The van der Waals surface area contributed by atoms with E-state index in [0.29, 0.717) is 21.7 Å². The molecule has 0 unspecified atom stereocenters. The molecule has 0 radical (unpaired) electrons. The summed E-state index contributed by atoms with van der Waals surface area (Å²) in [7, 11) is 0. The van der Waals surface area contributed by atoms with Gasteiger partial charge >= 0.3 is 11.9 Å². The van der Waals surface area contributed by atoms with Crippen LogP contribution in [0.4, 0.5) is 0 Å². The molecule has 0 aliphatic carbocycles. The number of hydrogen-bond acceptors (Lipinski definition) is 5. The van der Waals surface area contributed by atoms with Crippen molar-refractivity contribution in [2.45, 2.75) is 9.79 Å². The van der Waals surface area contributed by atoms with Crippen LogP contribution in [0.1, 0.15) is 0 Å². The molecule has 5 heteroatoms. The highest BCUT2D eigenvalue weighted by atomic mass is 32.1. The third-order valence-corrected chi connectivity index (χ3v) is 2.07. The molecule has 0 N–H and O–H groups in total. The van der Waals surface area contributed by atoms with Crippen LogP contribution in [0, 0.1) is 0 Å². The highest BCUT2D eigenvalue weighted by Crippen LogP contribution is 2.32. The van der Waals surface area contributed by atoms with Crippen LogP contribution in [0.5, 0.6) is 11.9 Å². The van der Waals surface area contributed by atoms with Crippen LogP contribution < -0.4 is 4.74 Å². The molecule has 0 aromatic carbocycles. The average Bonchev–Trinajstić information content (AvgIpc) is 2.65. The van der Waals surface area contributed by atoms with Crippen molar-refractivity contribution >= 4 is 25.3 Å². The van der Waals surface area contributed by atoms with Gasteiger partial charge in [-0.25, -0.2) is 0 Å². The lowest BCUT2D eigenvalue weighted by molar-refractivity contribution is 0.266. The monoisotopic (exact) mass is 214 g/mol. The molecule has 0 aliphatic heterocycles. The maximum Gasteiger partial charge on any atom is 0.306 e. The summed E-state index contributed by atoms with van der Waals surface area (Å²) >= 11 is 8.22. The van der Waals surface area contributed by atoms with Crippen LogP contribution in [0.2, 0.25) is 0 Å². The number of furan rings is 2. The lowest BCUT2D eigenvalue weighted by Crippen LogP contribution is -1.80. The molecular weight excluding hydrogens is 208 g/mol. The first-order chi connectivity index (χ1) is 6.27. The van der Waals surface area contributed by atoms with Gasteiger partial charge in [0.1, 0.15) is 0 Å².